The van der Waals surface area contributed by atoms with Gasteiger partial charge in [0.25, 0.3) is 0 Å². The number of aliphatic hydroxyl groups is 1. The molecule has 0 amide bonds. The van der Waals surface area contributed by atoms with Gasteiger partial charge in [-0.25, -0.2) is 9.78 Å². The van der Waals surface area contributed by atoms with Gasteiger partial charge in [0, 0.05) is 35.8 Å². The van der Waals surface area contributed by atoms with Crippen LogP contribution in [0.1, 0.15) is 29.5 Å². The lowest BCUT2D eigenvalue weighted by molar-refractivity contribution is 0.0511. The molecule has 2 aliphatic rings. The first-order valence-electron chi connectivity index (χ1n) is 10.2. The van der Waals surface area contributed by atoms with Gasteiger partial charge < -0.3 is 9.84 Å². The Labute approximate surface area is 175 Å². The van der Waals surface area contributed by atoms with Crippen molar-refractivity contribution in [3.05, 3.63) is 60.0 Å². The number of carbonyl (C=O) groups excluding carboxylic acids is 1. The minimum absolute atomic E-state index is 0.252. The topological polar surface area (TPSA) is 67.1 Å². The molecule has 3 unspecified atom stereocenters. The van der Waals surface area contributed by atoms with Gasteiger partial charge in [-0.3, -0.25) is 9.30 Å². The number of piperidine rings is 1. The number of fused-ring (bicyclic) bond motifs is 2. The second-order valence-electron chi connectivity index (χ2n) is 8.04. The van der Waals surface area contributed by atoms with Crippen molar-refractivity contribution in [2.24, 2.45) is 5.92 Å². The number of imidazole rings is 1. The molecule has 3 heterocycles. The number of nitrogens with zero attached hydrogens (tertiary/aromatic N) is 3. The SMILES string of the molecule is CCOC(=O)c1nc(-c2cccc(C#CC3(O)CN(C)C4CC43)c2)c2ccccn12. The van der Waals surface area contributed by atoms with E-state index in [0.29, 0.717) is 24.9 Å². The molecule has 0 radical (unpaired) electrons. The summed E-state index contributed by atoms with van der Waals surface area (Å²) in [5.41, 5.74) is 2.25. The molecule has 0 bridgehead atoms. The minimum atomic E-state index is -0.937. The molecule has 30 heavy (non-hydrogen) atoms. The molecule has 6 heteroatoms. The molecule has 1 saturated heterocycles. The molecule has 6 nitrogen and oxygen atoms in total. The molecular weight excluding hydrogens is 378 g/mol. The van der Waals surface area contributed by atoms with Crippen molar-refractivity contribution in [2.75, 3.05) is 20.2 Å². The summed E-state index contributed by atoms with van der Waals surface area (Å²) in [5.74, 6) is 6.33. The average molecular weight is 401 g/mol. The molecule has 1 aromatic carbocycles. The van der Waals surface area contributed by atoms with Crippen LogP contribution in [0.2, 0.25) is 0 Å². The molecule has 1 aliphatic carbocycles. The molecule has 2 aromatic heterocycles. The van der Waals surface area contributed by atoms with Crippen molar-refractivity contribution in [2.45, 2.75) is 25.0 Å². The Kier molecular flexibility index (Phi) is 4.39. The maximum atomic E-state index is 12.4. The fourth-order valence-corrected chi connectivity index (χ4v) is 4.44. The maximum absolute atomic E-state index is 12.4. The van der Waals surface area contributed by atoms with Gasteiger partial charge in [0.05, 0.1) is 17.8 Å². The molecule has 3 atom stereocenters. The predicted octanol–water partition coefficient (Wildman–Crippen LogP) is 2.59. The van der Waals surface area contributed by atoms with Gasteiger partial charge in [0.1, 0.15) is 5.60 Å². The Hall–Kier alpha value is -3.14. The third-order valence-corrected chi connectivity index (χ3v) is 5.99. The summed E-state index contributed by atoms with van der Waals surface area (Å²) in [7, 11) is 2.04. The van der Waals surface area contributed by atoms with Crippen LogP contribution in [-0.2, 0) is 4.74 Å². The first kappa shape index (κ1) is 18.9. The molecular formula is C24H23N3O3. The third-order valence-electron chi connectivity index (χ3n) is 5.99. The number of ether oxygens (including phenoxy) is 1. The standard InChI is InChI=1S/C24H23N3O3/c1-3-30-23(28)22-25-21(19-9-4-5-12-27(19)22)17-8-6-7-16(13-17)10-11-24(29)15-26(2)20-14-18(20)24/h4-9,12-13,18,20,29H,3,14-15H2,1-2H3. The van der Waals surface area contributed by atoms with E-state index in [1.54, 1.807) is 17.5 Å². The van der Waals surface area contributed by atoms with Gasteiger partial charge in [-0.2, -0.15) is 0 Å². The highest BCUT2D eigenvalue weighted by molar-refractivity contribution is 5.91. The number of pyridine rings is 1. The van der Waals surface area contributed by atoms with Crippen LogP contribution in [-0.4, -0.2) is 57.2 Å². The van der Waals surface area contributed by atoms with Crippen LogP contribution in [0.15, 0.2) is 48.7 Å². The Bertz CT molecular complexity index is 1210. The van der Waals surface area contributed by atoms with E-state index in [9.17, 15) is 9.90 Å². The molecule has 1 N–H and O–H groups in total. The lowest BCUT2D eigenvalue weighted by Gasteiger charge is -2.19. The number of hydrogen-bond donors (Lipinski definition) is 1. The normalized spacial score (nSPS) is 24.9. The van der Waals surface area contributed by atoms with Gasteiger partial charge in [-0.15, -0.1) is 0 Å². The lowest BCUT2D eigenvalue weighted by Crippen LogP contribution is -2.35. The number of likely N-dealkylation sites (N-methyl/N-ethyl adjacent to an activating group) is 1. The summed E-state index contributed by atoms with van der Waals surface area (Å²) in [6.07, 6.45) is 2.82. The lowest BCUT2D eigenvalue weighted by atomic mass is 9.99. The number of likely N-dealkylation sites (tertiary alicyclic amines) is 1. The first-order chi connectivity index (χ1) is 14.5. The molecule has 5 rings (SSSR count). The number of esters is 1. The van der Waals surface area contributed by atoms with E-state index in [1.165, 1.54) is 0 Å². The highest BCUT2D eigenvalue weighted by Gasteiger charge is 2.59. The van der Waals surface area contributed by atoms with E-state index in [-0.39, 0.29) is 11.7 Å². The number of rotatable bonds is 3. The zero-order chi connectivity index (χ0) is 20.9. The fraction of sp³-hybridized carbons (Fsp3) is 0.333. The van der Waals surface area contributed by atoms with E-state index < -0.39 is 11.6 Å². The highest BCUT2D eigenvalue weighted by atomic mass is 16.5. The van der Waals surface area contributed by atoms with Crippen molar-refractivity contribution >= 4 is 11.5 Å². The van der Waals surface area contributed by atoms with E-state index in [2.05, 4.69) is 21.7 Å². The van der Waals surface area contributed by atoms with E-state index in [0.717, 1.165) is 23.1 Å². The second-order valence-corrected chi connectivity index (χ2v) is 8.04. The number of hydrogen-bond acceptors (Lipinski definition) is 5. The Morgan fingerprint density at radius 2 is 2.20 bits per heavy atom. The quantitative estimate of drug-likeness (QED) is 0.540. The molecule has 2 fully saturated rings. The van der Waals surface area contributed by atoms with Crippen molar-refractivity contribution in [3.63, 3.8) is 0 Å². The number of carbonyl (C=O) groups is 1. The molecule has 0 spiro atoms. The summed E-state index contributed by atoms with van der Waals surface area (Å²) >= 11 is 0. The monoisotopic (exact) mass is 401 g/mol. The van der Waals surface area contributed by atoms with Crippen LogP contribution in [0.25, 0.3) is 16.8 Å². The van der Waals surface area contributed by atoms with E-state index >= 15 is 0 Å². The predicted molar refractivity (Wildman–Crippen MR) is 113 cm³/mol. The fourth-order valence-electron chi connectivity index (χ4n) is 4.44. The average Bonchev–Trinajstić information content (AvgIpc) is 3.42. The Balaban J connectivity index is 1.52. The van der Waals surface area contributed by atoms with Gasteiger partial charge in [-0.05, 0) is 44.7 Å². The third kappa shape index (κ3) is 3.07. The van der Waals surface area contributed by atoms with Crippen LogP contribution in [0.5, 0.6) is 0 Å². The van der Waals surface area contributed by atoms with Gasteiger partial charge in [0.15, 0.2) is 0 Å². The molecule has 1 aliphatic heterocycles. The minimum Gasteiger partial charge on any atom is -0.460 e. The summed E-state index contributed by atoms with van der Waals surface area (Å²) < 4.78 is 6.91. The summed E-state index contributed by atoms with van der Waals surface area (Å²) in [4.78, 5) is 19.1. The van der Waals surface area contributed by atoms with Gasteiger partial charge in [-0.1, -0.05) is 30.0 Å². The molecule has 152 valence electrons. The maximum Gasteiger partial charge on any atom is 0.374 e. The van der Waals surface area contributed by atoms with Gasteiger partial charge in [0.2, 0.25) is 5.82 Å². The van der Waals surface area contributed by atoms with Crippen molar-refractivity contribution in [3.8, 4) is 23.1 Å². The molecule has 1 saturated carbocycles. The number of aromatic nitrogens is 2. The summed E-state index contributed by atoms with van der Waals surface area (Å²) in [6, 6.07) is 13.9. The smallest absolute Gasteiger partial charge is 0.374 e. The van der Waals surface area contributed by atoms with Crippen LogP contribution in [0, 0.1) is 17.8 Å². The Morgan fingerprint density at radius 3 is 2.93 bits per heavy atom. The van der Waals surface area contributed by atoms with Crippen molar-refractivity contribution in [1.82, 2.24) is 14.3 Å². The van der Waals surface area contributed by atoms with Gasteiger partial charge >= 0.3 is 5.97 Å². The summed E-state index contributed by atoms with van der Waals surface area (Å²) in [5, 5.41) is 10.9. The molecule has 3 aromatic rings. The van der Waals surface area contributed by atoms with E-state index in [1.807, 2.05) is 49.5 Å². The Morgan fingerprint density at radius 1 is 1.33 bits per heavy atom. The van der Waals surface area contributed by atoms with Crippen LogP contribution >= 0.6 is 0 Å². The van der Waals surface area contributed by atoms with Crippen LogP contribution in [0.3, 0.4) is 0 Å². The van der Waals surface area contributed by atoms with Crippen molar-refractivity contribution in [1.29, 1.82) is 0 Å². The zero-order valence-electron chi connectivity index (χ0n) is 17.0. The van der Waals surface area contributed by atoms with Crippen molar-refractivity contribution < 1.29 is 14.6 Å². The largest absolute Gasteiger partial charge is 0.460 e. The highest BCUT2D eigenvalue weighted by Crippen LogP contribution is 2.49. The zero-order valence-corrected chi connectivity index (χ0v) is 17.0. The number of β-amino-alcohol motifs (C(OH)–C–C–N with tert-alkyl or cyclic N) is 1. The van der Waals surface area contributed by atoms with E-state index in [4.69, 9.17) is 4.74 Å². The summed E-state index contributed by atoms with van der Waals surface area (Å²) in [6.45, 7) is 2.65. The first-order valence-corrected chi connectivity index (χ1v) is 10.2. The number of benzene rings is 1. The second kappa shape index (κ2) is 6.98. The van der Waals surface area contributed by atoms with Crippen LogP contribution < -0.4 is 0 Å². The van der Waals surface area contributed by atoms with Crippen LogP contribution in [0.4, 0.5) is 0 Å².